The summed E-state index contributed by atoms with van der Waals surface area (Å²) >= 11 is 0. The van der Waals surface area contributed by atoms with Crippen LogP contribution in [-0.4, -0.2) is 36.9 Å². The number of carbonyl (C=O) groups excluding carboxylic acids is 2. The van der Waals surface area contributed by atoms with Crippen LogP contribution in [0.5, 0.6) is 0 Å². The lowest BCUT2D eigenvalue weighted by atomic mass is 10.0. The van der Waals surface area contributed by atoms with Crippen molar-refractivity contribution < 1.29 is 14.3 Å². The van der Waals surface area contributed by atoms with Gasteiger partial charge in [-0.15, -0.1) is 0 Å². The van der Waals surface area contributed by atoms with Crippen LogP contribution >= 0.6 is 0 Å². The molecule has 0 N–H and O–H groups in total. The van der Waals surface area contributed by atoms with Gasteiger partial charge in [-0.2, -0.15) is 0 Å². The SMILES string of the molecule is COC(=O)Cc1ccccc1CN1CCC(=O)CC1. The Labute approximate surface area is 113 Å². The molecule has 19 heavy (non-hydrogen) atoms. The zero-order chi connectivity index (χ0) is 13.7. The predicted molar refractivity (Wildman–Crippen MR) is 71.7 cm³/mol. The van der Waals surface area contributed by atoms with E-state index in [2.05, 4.69) is 4.90 Å². The Balaban J connectivity index is 2.03. The lowest BCUT2D eigenvalue weighted by Gasteiger charge is -2.26. The quantitative estimate of drug-likeness (QED) is 0.772. The van der Waals surface area contributed by atoms with Gasteiger partial charge in [0.1, 0.15) is 5.78 Å². The molecule has 102 valence electrons. The Morgan fingerprint density at radius 1 is 1.21 bits per heavy atom. The molecule has 0 saturated carbocycles. The Kier molecular flexibility index (Phi) is 4.68. The summed E-state index contributed by atoms with van der Waals surface area (Å²) in [5, 5.41) is 0. The molecule has 0 unspecified atom stereocenters. The topological polar surface area (TPSA) is 46.6 Å². The number of piperidine rings is 1. The third-order valence-electron chi connectivity index (χ3n) is 3.49. The van der Waals surface area contributed by atoms with E-state index in [0.29, 0.717) is 25.0 Å². The summed E-state index contributed by atoms with van der Waals surface area (Å²) in [6.45, 7) is 2.41. The van der Waals surface area contributed by atoms with Gasteiger partial charge in [-0.25, -0.2) is 0 Å². The fraction of sp³-hybridized carbons (Fsp3) is 0.467. The van der Waals surface area contributed by atoms with Crippen molar-refractivity contribution in [3.63, 3.8) is 0 Å². The van der Waals surface area contributed by atoms with Crippen LogP contribution in [0.4, 0.5) is 0 Å². The summed E-state index contributed by atoms with van der Waals surface area (Å²) in [5.74, 6) is 0.125. The third-order valence-corrected chi connectivity index (χ3v) is 3.49. The number of carbonyl (C=O) groups is 2. The number of likely N-dealkylation sites (tertiary alicyclic amines) is 1. The standard InChI is InChI=1S/C15H19NO3/c1-19-15(18)10-12-4-2-3-5-13(12)11-16-8-6-14(17)7-9-16/h2-5H,6-11H2,1H3. The van der Waals surface area contributed by atoms with Gasteiger partial charge < -0.3 is 4.74 Å². The highest BCUT2D eigenvalue weighted by Crippen LogP contribution is 2.15. The third kappa shape index (κ3) is 3.89. The fourth-order valence-corrected chi connectivity index (χ4v) is 2.31. The van der Waals surface area contributed by atoms with E-state index in [1.807, 2.05) is 24.3 Å². The number of nitrogens with zero attached hydrogens (tertiary/aromatic N) is 1. The molecule has 1 aromatic rings. The average molecular weight is 261 g/mol. The first-order valence-corrected chi connectivity index (χ1v) is 6.56. The van der Waals surface area contributed by atoms with E-state index in [-0.39, 0.29) is 5.97 Å². The minimum atomic E-state index is -0.221. The first-order chi connectivity index (χ1) is 9.19. The van der Waals surface area contributed by atoms with E-state index in [4.69, 9.17) is 4.74 Å². The summed E-state index contributed by atoms with van der Waals surface area (Å²) in [6, 6.07) is 7.91. The Hall–Kier alpha value is -1.68. The van der Waals surface area contributed by atoms with Gasteiger partial charge in [0, 0.05) is 32.5 Å². The largest absolute Gasteiger partial charge is 0.469 e. The molecule has 0 aromatic heterocycles. The smallest absolute Gasteiger partial charge is 0.309 e. The molecule has 0 aliphatic carbocycles. The highest BCUT2D eigenvalue weighted by atomic mass is 16.5. The summed E-state index contributed by atoms with van der Waals surface area (Å²) in [5.41, 5.74) is 2.15. The molecule has 1 heterocycles. The lowest BCUT2D eigenvalue weighted by molar-refractivity contribution is -0.139. The van der Waals surface area contributed by atoms with E-state index in [0.717, 1.165) is 30.8 Å². The van der Waals surface area contributed by atoms with Crippen LogP contribution in [0.15, 0.2) is 24.3 Å². The maximum absolute atomic E-state index is 11.4. The van der Waals surface area contributed by atoms with Gasteiger partial charge in [-0.3, -0.25) is 14.5 Å². The fourth-order valence-electron chi connectivity index (χ4n) is 2.31. The van der Waals surface area contributed by atoms with E-state index in [1.54, 1.807) is 0 Å². The second-order valence-electron chi connectivity index (χ2n) is 4.84. The molecule has 1 aliphatic heterocycles. The number of rotatable bonds is 4. The van der Waals surface area contributed by atoms with Crippen LogP contribution in [-0.2, 0) is 27.3 Å². The number of hydrogen-bond donors (Lipinski definition) is 0. The molecule has 1 fully saturated rings. The molecule has 1 aliphatic rings. The van der Waals surface area contributed by atoms with E-state index >= 15 is 0 Å². The van der Waals surface area contributed by atoms with Gasteiger partial charge in [0.25, 0.3) is 0 Å². The normalized spacial score (nSPS) is 16.4. The van der Waals surface area contributed by atoms with Crippen molar-refractivity contribution >= 4 is 11.8 Å². The number of methoxy groups -OCH3 is 1. The highest BCUT2D eigenvalue weighted by Gasteiger charge is 2.17. The Morgan fingerprint density at radius 3 is 2.47 bits per heavy atom. The number of Topliss-reactive ketones (excluding diaryl/α,β-unsaturated/α-hetero) is 1. The second kappa shape index (κ2) is 6.48. The molecule has 0 amide bonds. The zero-order valence-corrected chi connectivity index (χ0v) is 11.2. The molecule has 1 saturated heterocycles. The molecule has 0 spiro atoms. The molecular weight excluding hydrogens is 242 g/mol. The van der Waals surface area contributed by atoms with E-state index in [1.165, 1.54) is 7.11 Å². The molecule has 1 aromatic carbocycles. The minimum absolute atomic E-state index is 0.221. The van der Waals surface area contributed by atoms with Crippen LogP contribution in [0, 0.1) is 0 Å². The van der Waals surface area contributed by atoms with Gasteiger partial charge >= 0.3 is 5.97 Å². The van der Waals surface area contributed by atoms with Crippen molar-refractivity contribution in [3.05, 3.63) is 35.4 Å². The van der Waals surface area contributed by atoms with Crippen LogP contribution in [0.2, 0.25) is 0 Å². The predicted octanol–water partition coefficient (Wildman–Crippen LogP) is 1.57. The van der Waals surface area contributed by atoms with Crippen molar-refractivity contribution in [1.29, 1.82) is 0 Å². The van der Waals surface area contributed by atoms with Crippen molar-refractivity contribution in [3.8, 4) is 0 Å². The molecule has 4 heteroatoms. The first-order valence-electron chi connectivity index (χ1n) is 6.56. The van der Waals surface area contributed by atoms with Crippen LogP contribution in [0.3, 0.4) is 0 Å². The average Bonchev–Trinajstić information content (AvgIpc) is 2.43. The van der Waals surface area contributed by atoms with Crippen LogP contribution < -0.4 is 0 Å². The Bertz CT molecular complexity index is 460. The molecule has 2 rings (SSSR count). The lowest BCUT2D eigenvalue weighted by Crippen LogP contribution is -2.33. The van der Waals surface area contributed by atoms with Gasteiger partial charge in [0.05, 0.1) is 13.5 Å². The van der Waals surface area contributed by atoms with Crippen LogP contribution in [0.1, 0.15) is 24.0 Å². The van der Waals surface area contributed by atoms with Crippen LogP contribution in [0.25, 0.3) is 0 Å². The summed E-state index contributed by atoms with van der Waals surface area (Å²) in [7, 11) is 1.40. The van der Waals surface area contributed by atoms with Crippen molar-refractivity contribution in [2.45, 2.75) is 25.8 Å². The number of benzene rings is 1. The van der Waals surface area contributed by atoms with Gasteiger partial charge in [0.2, 0.25) is 0 Å². The minimum Gasteiger partial charge on any atom is -0.469 e. The molecule has 4 nitrogen and oxygen atoms in total. The summed E-state index contributed by atoms with van der Waals surface area (Å²) in [4.78, 5) is 24.9. The van der Waals surface area contributed by atoms with Crippen molar-refractivity contribution in [1.82, 2.24) is 4.90 Å². The maximum Gasteiger partial charge on any atom is 0.309 e. The van der Waals surface area contributed by atoms with E-state index in [9.17, 15) is 9.59 Å². The number of hydrogen-bond acceptors (Lipinski definition) is 4. The number of ether oxygens (including phenoxy) is 1. The number of esters is 1. The number of ketones is 1. The van der Waals surface area contributed by atoms with E-state index < -0.39 is 0 Å². The summed E-state index contributed by atoms with van der Waals surface area (Å²) < 4.78 is 4.72. The maximum atomic E-state index is 11.4. The van der Waals surface area contributed by atoms with Gasteiger partial charge in [-0.05, 0) is 11.1 Å². The van der Waals surface area contributed by atoms with Crippen molar-refractivity contribution in [2.75, 3.05) is 20.2 Å². The monoisotopic (exact) mass is 261 g/mol. The van der Waals surface area contributed by atoms with Gasteiger partial charge in [-0.1, -0.05) is 24.3 Å². The van der Waals surface area contributed by atoms with Gasteiger partial charge in [0.15, 0.2) is 0 Å². The molecular formula is C15H19NO3. The zero-order valence-electron chi connectivity index (χ0n) is 11.2. The van der Waals surface area contributed by atoms with Crippen molar-refractivity contribution in [2.24, 2.45) is 0 Å². The molecule has 0 bridgehead atoms. The summed E-state index contributed by atoms with van der Waals surface area (Å²) in [6.07, 6.45) is 1.58. The first kappa shape index (κ1) is 13.7. The molecule has 0 radical (unpaired) electrons. The molecule has 0 atom stereocenters. The highest BCUT2D eigenvalue weighted by molar-refractivity contribution is 5.79. The second-order valence-corrected chi connectivity index (χ2v) is 4.84. The Morgan fingerprint density at radius 2 is 1.84 bits per heavy atom.